The highest BCUT2D eigenvalue weighted by molar-refractivity contribution is 6.07. The van der Waals surface area contributed by atoms with E-state index in [0.717, 1.165) is 40.8 Å². The molecule has 5 rings (SSSR count). The molecule has 1 amide bonds. The highest BCUT2D eigenvalue weighted by Crippen LogP contribution is 2.32. The van der Waals surface area contributed by atoms with Crippen LogP contribution < -0.4 is 15.5 Å². The van der Waals surface area contributed by atoms with Crippen molar-refractivity contribution in [2.45, 2.75) is 45.8 Å². The van der Waals surface area contributed by atoms with Crippen LogP contribution in [0.15, 0.2) is 42.6 Å². The number of hydrogen-bond donors (Lipinski definition) is 2. The summed E-state index contributed by atoms with van der Waals surface area (Å²) in [5.41, 5.74) is 4.93. The maximum atomic E-state index is 13.2. The van der Waals surface area contributed by atoms with Gasteiger partial charge < -0.3 is 15.5 Å². The minimum absolute atomic E-state index is 0.0378. The van der Waals surface area contributed by atoms with Crippen molar-refractivity contribution in [1.82, 2.24) is 25.0 Å². The largest absolute Gasteiger partial charge is 0.368 e. The molecule has 1 saturated heterocycles. The fourth-order valence-electron chi connectivity index (χ4n) is 4.71. The summed E-state index contributed by atoms with van der Waals surface area (Å²) >= 11 is 0. The zero-order valence-corrected chi connectivity index (χ0v) is 18.4. The van der Waals surface area contributed by atoms with Crippen LogP contribution in [0.25, 0.3) is 27.7 Å². The number of imidazole rings is 1. The monoisotopic (exact) mass is 416 g/mol. The number of piperazine rings is 1. The second-order valence-corrected chi connectivity index (χ2v) is 8.89. The lowest BCUT2D eigenvalue weighted by molar-refractivity contribution is 0.0944. The van der Waals surface area contributed by atoms with Crippen LogP contribution in [-0.2, 0) is 0 Å². The molecule has 0 saturated carbocycles. The number of carbonyl (C=O) groups excluding carboxylic acids is 1. The van der Waals surface area contributed by atoms with Crippen molar-refractivity contribution in [3.63, 3.8) is 0 Å². The van der Waals surface area contributed by atoms with Gasteiger partial charge in [-0.05, 0) is 52.0 Å². The van der Waals surface area contributed by atoms with E-state index in [1.807, 2.05) is 54.8 Å². The minimum Gasteiger partial charge on any atom is -0.368 e. The molecule has 2 N–H and O–H groups in total. The van der Waals surface area contributed by atoms with Crippen LogP contribution in [0.4, 0.5) is 5.69 Å². The van der Waals surface area contributed by atoms with E-state index in [9.17, 15) is 4.79 Å². The Labute approximate surface area is 181 Å². The normalized spacial score (nSPS) is 19.6. The summed E-state index contributed by atoms with van der Waals surface area (Å²) in [4.78, 5) is 25.1. The standard InChI is InChI=1S/C24H28N6O/c1-14(2)26-24(31)18-11-17-20(29-12-15(3)27-16(4)13-29)9-10-25-22(17)30-21-8-6-5-7-19(21)28-23(18)30/h5-11,14-16,27H,12-13H2,1-4H3,(H,26,31). The lowest BCUT2D eigenvalue weighted by atomic mass is 10.1. The van der Waals surface area contributed by atoms with Gasteiger partial charge in [-0.2, -0.15) is 0 Å². The summed E-state index contributed by atoms with van der Waals surface area (Å²) in [6.07, 6.45) is 1.86. The Balaban J connectivity index is 1.82. The smallest absolute Gasteiger partial charge is 0.255 e. The number of para-hydroxylation sites is 2. The molecular formula is C24H28N6O. The maximum Gasteiger partial charge on any atom is 0.255 e. The molecule has 0 aliphatic carbocycles. The van der Waals surface area contributed by atoms with E-state index in [-0.39, 0.29) is 11.9 Å². The highest BCUT2D eigenvalue weighted by Gasteiger charge is 2.25. The van der Waals surface area contributed by atoms with E-state index in [0.29, 0.717) is 23.3 Å². The summed E-state index contributed by atoms with van der Waals surface area (Å²) in [6.45, 7) is 10.1. The van der Waals surface area contributed by atoms with Gasteiger partial charge in [-0.15, -0.1) is 0 Å². The molecule has 1 aromatic carbocycles. The predicted octanol–water partition coefficient (Wildman–Crippen LogP) is 3.36. The van der Waals surface area contributed by atoms with Crippen molar-refractivity contribution in [3.8, 4) is 0 Å². The minimum atomic E-state index is -0.117. The second-order valence-electron chi connectivity index (χ2n) is 8.89. The van der Waals surface area contributed by atoms with Crippen LogP contribution >= 0.6 is 0 Å². The summed E-state index contributed by atoms with van der Waals surface area (Å²) in [7, 11) is 0. The third-order valence-electron chi connectivity index (χ3n) is 5.81. The third-order valence-corrected chi connectivity index (χ3v) is 5.81. The first-order valence-electron chi connectivity index (χ1n) is 10.9. The van der Waals surface area contributed by atoms with Gasteiger partial charge in [0.15, 0.2) is 5.65 Å². The molecule has 2 unspecified atom stereocenters. The Kier molecular flexibility index (Phi) is 4.78. The van der Waals surface area contributed by atoms with E-state index in [1.165, 1.54) is 0 Å². The molecular weight excluding hydrogens is 388 g/mol. The summed E-state index contributed by atoms with van der Waals surface area (Å²) in [6, 6.07) is 12.8. The molecule has 3 aromatic heterocycles. The van der Waals surface area contributed by atoms with Crippen LogP contribution in [0.3, 0.4) is 0 Å². The van der Waals surface area contributed by atoms with Crippen molar-refractivity contribution >= 4 is 39.3 Å². The third kappa shape index (κ3) is 3.39. The number of benzene rings is 1. The van der Waals surface area contributed by atoms with Gasteiger partial charge in [0.1, 0.15) is 5.65 Å². The average Bonchev–Trinajstić information content (AvgIpc) is 3.11. The Morgan fingerprint density at radius 1 is 1.13 bits per heavy atom. The number of nitrogens with zero attached hydrogens (tertiary/aromatic N) is 4. The first-order valence-corrected chi connectivity index (χ1v) is 10.9. The van der Waals surface area contributed by atoms with E-state index in [4.69, 9.17) is 9.97 Å². The Morgan fingerprint density at radius 2 is 1.87 bits per heavy atom. The van der Waals surface area contributed by atoms with Gasteiger partial charge in [-0.1, -0.05) is 12.1 Å². The average molecular weight is 417 g/mol. The number of aromatic nitrogens is 3. The maximum absolute atomic E-state index is 13.2. The molecule has 160 valence electrons. The van der Waals surface area contributed by atoms with Crippen LogP contribution in [0.5, 0.6) is 0 Å². The molecule has 4 heterocycles. The van der Waals surface area contributed by atoms with Crippen molar-refractivity contribution in [2.75, 3.05) is 18.0 Å². The van der Waals surface area contributed by atoms with Crippen molar-refractivity contribution in [2.24, 2.45) is 0 Å². The van der Waals surface area contributed by atoms with Crippen LogP contribution in [0.2, 0.25) is 0 Å². The fourth-order valence-corrected chi connectivity index (χ4v) is 4.71. The van der Waals surface area contributed by atoms with Crippen LogP contribution in [0.1, 0.15) is 38.1 Å². The molecule has 0 spiro atoms. The Hall–Kier alpha value is -3.19. The fraction of sp³-hybridized carbons (Fsp3) is 0.375. The van der Waals surface area contributed by atoms with Gasteiger partial charge >= 0.3 is 0 Å². The van der Waals surface area contributed by atoms with E-state index in [2.05, 4.69) is 35.4 Å². The van der Waals surface area contributed by atoms with Crippen molar-refractivity contribution in [1.29, 1.82) is 0 Å². The van der Waals surface area contributed by atoms with Crippen LogP contribution in [-0.4, -0.2) is 51.5 Å². The molecule has 0 bridgehead atoms. The van der Waals surface area contributed by atoms with Gasteiger partial charge in [-0.3, -0.25) is 9.20 Å². The lowest BCUT2D eigenvalue weighted by Gasteiger charge is -2.38. The predicted molar refractivity (Wildman–Crippen MR) is 125 cm³/mol. The molecule has 2 atom stereocenters. The number of nitrogens with one attached hydrogen (secondary N) is 2. The molecule has 4 aromatic rings. The molecule has 31 heavy (non-hydrogen) atoms. The van der Waals surface area contributed by atoms with Gasteiger partial charge in [0, 0.05) is 48.5 Å². The molecule has 7 nitrogen and oxygen atoms in total. The van der Waals surface area contributed by atoms with Crippen molar-refractivity contribution in [3.05, 3.63) is 48.2 Å². The molecule has 7 heteroatoms. The summed E-state index contributed by atoms with van der Waals surface area (Å²) < 4.78 is 2.03. The summed E-state index contributed by atoms with van der Waals surface area (Å²) in [5, 5.41) is 7.59. The van der Waals surface area contributed by atoms with Crippen molar-refractivity contribution < 1.29 is 4.79 Å². The number of fused-ring (bicyclic) bond motifs is 5. The van der Waals surface area contributed by atoms with Gasteiger partial charge in [0.05, 0.1) is 16.6 Å². The number of hydrogen-bond acceptors (Lipinski definition) is 5. The number of anilines is 1. The Bertz CT molecular complexity index is 1280. The topological polar surface area (TPSA) is 74.6 Å². The SMILES string of the molecule is CC(C)NC(=O)c1cc2c(N3CC(C)NC(C)C3)ccnc2n2c1nc1ccccc12. The Morgan fingerprint density at radius 3 is 2.61 bits per heavy atom. The first-order chi connectivity index (χ1) is 14.9. The zero-order chi connectivity index (χ0) is 21.7. The van der Waals surface area contributed by atoms with Gasteiger partial charge in [0.25, 0.3) is 5.91 Å². The molecule has 0 radical (unpaired) electrons. The summed E-state index contributed by atoms with van der Waals surface area (Å²) in [5.74, 6) is -0.117. The molecule has 1 fully saturated rings. The van der Waals surface area contributed by atoms with E-state index < -0.39 is 0 Å². The van der Waals surface area contributed by atoms with E-state index >= 15 is 0 Å². The quantitative estimate of drug-likeness (QED) is 0.536. The number of pyridine rings is 2. The molecule has 1 aliphatic heterocycles. The van der Waals surface area contributed by atoms with Crippen LogP contribution in [0, 0.1) is 0 Å². The number of carbonyl (C=O) groups is 1. The number of rotatable bonds is 3. The molecule has 1 aliphatic rings. The van der Waals surface area contributed by atoms with E-state index in [1.54, 1.807) is 0 Å². The second kappa shape index (κ2) is 7.50. The first kappa shape index (κ1) is 19.8. The number of amides is 1. The zero-order valence-electron chi connectivity index (χ0n) is 18.4. The van der Waals surface area contributed by atoms with Gasteiger partial charge in [-0.25, -0.2) is 9.97 Å². The van der Waals surface area contributed by atoms with Gasteiger partial charge in [0.2, 0.25) is 0 Å². The highest BCUT2D eigenvalue weighted by atomic mass is 16.1. The lowest BCUT2D eigenvalue weighted by Crippen LogP contribution is -2.54.